The second-order valence-electron chi connectivity index (χ2n) is 3.58. The molecule has 0 aliphatic carbocycles. The molecule has 0 aromatic rings. The van der Waals surface area contributed by atoms with Gasteiger partial charge in [-0.3, -0.25) is 9.59 Å². The summed E-state index contributed by atoms with van der Waals surface area (Å²) < 4.78 is 5.28. The van der Waals surface area contributed by atoms with Gasteiger partial charge in [-0.1, -0.05) is 12.2 Å². The zero-order chi connectivity index (χ0) is 11.5. The van der Waals surface area contributed by atoms with Crippen LogP contribution in [-0.2, 0) is 14.3 Å². The molecule has 1 aliphatic heterocycles. The number of hydrogen-bond donors (Lipinski definition) is 1. The van der Waals surface area contributed by atoms with Crippen molar-refractivity contribution in [2.75, 3.05) is 6.61 Å². The van der Waals surface area contributed by atoms with Crippen molar-refractivity contribution in [3.8, 4) is 0 Å². The standard InChI is InChI=1S/C11H15NO3/c1-3-5-8-9(13)7-15-11(8,6-4-2)10(12)14/h3-4,8H,1-2,5-7H2,(H2,12,14). The summed E-state index contributed by atoms with van der Waals surface area (Å²) in [6.45, 7) is 7.04. The smallest absolute Gasteiger partial charge is 0.250 e. The third kappa shape index (κ3) is 1.85. The normalized spacial score (nSPS) is 30.1. The highest BCUT2D eigenvalue weighted by Crippen LogP contribution is 2.35. The Hall–Kier alpha value is -1.42. The average molecular weight is 209 g/mol. The molecule has 2 N–H and O–H groups in total. The number of Topliss-reactive ketones (excluding diaryl/α,β-unsaturated/α-hetero) is 1. The molecule has 1 amide bonds. The molecule has 0 bridgehead atoms. The minimum Gasteiger partial charge on any atom is -0.367 e. The molecule has 0 radical (unpaired) electrons. The predicted octanol–water partition coefficient (Wildman–Crippen LogP) is 0.578. The minimum atomic E-state index is -1.22. The molecule has 4 nitrogen and oxygen atoms in total. The van der Waals surface area contributed by atoms with Crippen molar-refractivity contribution >= 4 is 11.7 Å². The lowest BCUT2D eigenvalue weighted by Crippen LogP contribution is -2.49. The number of hydrogen-bond acceptors (Lipinski definition) is 3. The maximum Gasteiger partial charge on any atom is 0.250 e. The number of rotatable bonds is 5. The number of primary amides is 1. The van der Waals surface area contributed by atoms with Crippen molar-refractivity contribution in [1.29, 1.82) is 0 Å². The first-order chi connectivity index (χ1) is 7.08. The molecule has 2 unspecified atom stereocenters. The van der Waals surface area contributed by atoms with E-state index < -0.39 is 17.4 Å². The molecular formula is C11H15NO3. The Morgan fingerprint density at radius 2 is 2.27 bits per heavy atom. The molecule has 0 aromatic heterocycles. The van der Waals surface area contributed by atoms with Crippen LogP contribution in [0.4, 0.5) is 0 Å². The van der Waals surface area contributed by atoms with Crippen molar-refractivity contribution in [2.45, 2.75) is 18.4 Å². The van der Waals surface area contributed by atoms with Crippen molar-refractivity contribution < 1.29 is 14.3 Å². The molecule has 82 valence electrons. The Balaban J connectivity index is 3.04. The van der Waals surface area contributed by atoms with Gasteiger partial charge in [-0.15, -0.1) is 13.2 Å². The van der Waals surface area contributed by atoms with Crippen LogP contribution < -0.4 is 5.73 Å². The SMILES string of the molecule is C=CCC1C(=O)COC1(CC=C)C(N)=O. The molecule has 0 saturated carbocycles. The van der Waals surface area contributed by atoms with Gasteiger partial charge in [-0.25, -0.2) is 0 Å². The highest BCUT2D eigenvalue weighted by molar-refractivity contribution is 5.96. The van der Waals surface area contributed by atoms with Crippen LogP contribution in [0.25, 0.3) is 0 Å². The summed E-state index contributed by atoms with van der Waals surface area (Å²) in [6.07, 6.45) is 3.79. The van der Waals surface area contributed by atoms with E-state index in [1.807, 2.05) is 0 Å². The number of allylic oxidation sites excluding steroid dienone is 1. The van der Waals surface area contributed by atoms with Gasteiger partial charge in [0.1, 0.15) is 6.61 Å². The summed E-state index contributed by atoms with van der Waals surface area (Å²) in [4.78, 5) is 23.0. The van der Waals surface area contributed by atoms with Crippen LogP contribution in [0.5, 0.6) is 0 Å². The second-order valence-corrected chi connectivity index (χ2v) is 3.58. The molecule has 15 heavy (non-hydrogen) atoms. The summed E-state index contributed by atoms with van der Waals surface area (Å²) >= 11 is 0. The Bertz CT molecular complexity index is 311. The van der Waals surface area contributed by atoms with Gasteiger partial charge < -0.3 is 10.5 Å². The predicted molar refractivity (Wildman–Crippen MR) is 56.0 cm³/mol. The Morgan fingerprint density at radius 3 is 2.73 bits per heavy atom. The number of amides is 1. The average Bonchev–Trinajstić information content (AvgIpc) is 2.48. The van der Waals surface area contributed by atoms with Gasteiger partial charge in [0, 0.05) is 6.42 Å². The molecule has 1 fully saturated rings. The monoisotopic (exact) mass is 209 g/mol. The fraction of sp³-hybridized carbons (Fsp3) is 0.455. The van der Waals surface area contributed by atoms with Crippen LogP contribution in [0.3, 0.4) is 0 Å². The molecule has 1 saturated heterocycles. The zero-order valence-electron chi connectivity index (χ0n) is 8.57. The largest absolute Gasteiger partial charge is 0.367 e. The van der Waals surface area contributed by atoms with Gasteiger partial charge in [0.25, 0.3) is 5.91 Å². The van der Waals surface area contributed by atoms with Gasteiger partial charge in [0.15, 0.2) is 11.4 Å². The second kappa shape index (κ2) is 4.40. The van der Waals surface area contributed by atoms with E-state index in [0.717, 1.165) is 0 Å². The summed E-state index contributed by atoms with van der Waals surface area (Å²) in [5.74, 6) is -1.24. The number of nitrogens with two attached hydrogens (primary N) is 1. The first kappa shape index (κ1) is 11.7. The Morgan fingerprint density at radius 1 is 1.60 bits per heavy atom. The van der Waals surface area contributed by atoms with Crippen LogP contribution in [-0.4, -0.2) is 23.9 Å². The van der Waals surface area contributed by atoms with Crippen molar-refractivity contribution in [3.05, 3.63) is 25.3 Å². The van der Waals surface area contributed by atoms with Gasteiger partial charge in [-0.05, 0) is 6.42 Å². The summed E-state index contributed by atoms with van der Waals surface area (Å²) in [5, 5.41) is 0. The molecule has 4 heteroatoms. The Kier molecular flexibility index (Phi) is 3.42. The molecule has 0 spiro atoms. The summed E-state index contributed by atoms with van der Waals surface area (Å²) in [5.41, 5.74) is 4.09. The van der Waals surface area contributed by atoms with Crippen LogP contribution in [0.1, 0.15) is 12.8 Å². The number of carbonyl (C=O) groups excluding carboxylic acids is 2. The van der Waals surface area contributed by atoms with E-state index in [1.54, 1.807) is 12.2 Å². The lowest BCUT2D eigenvalue weighted by atomic mass is 9.81. The highest BCUT2D eigenvalue weighted by atomic mass is 16.5. The minimum absolute atomic E-state index is 0.0602. The van der Waals surface area contributed by atoms with E-state index in [-0.39, 0.29) is 18.8 Å². The topological polar surface area (TPSA) is 69.4 Å². The number of ether oxygens (including phenoxy) is 1. The fourth-order valence-corrected chi connectivity index (χ4v) is 1.91. The molecule has 1 rings (SSSR count). The van der Waals surface area contributed by atoms with Gasteiger partial charge >= 0.3 is 0 Å². The van der Waals surface area contributed by atoms with E-state index in [9.17, 15) is 9.59 Å². The summed E-state index contributed by atoms with van der Waals surface area (Å²) in [6, 6.07) is 0. The van der Waals surface area contributed by atoms with Gasteiger partial charge in [0.2, 0.25) is 0 Å². The van der Waals surface area contributed by atoms with E-state index in [4.69, 9.17) is 10.5 Å². The number of ketones is 1. The van der Waals surface area contributed by atoms with Gasteiger partial charge in [0.05, 0.1) is 5.92 Å². The Labute approximate surface area is 88.8 Å². The molecule has 1 heterocycles. The van der Waals surface area contributed by atoms with E-state index >= 15 is 0 Å². The van der Waals surface area contributed by atoms with Gasteiger partial charge in [-0.2, -0.15) is 0 Å². The lowest BCUT2D eigenvalue weighted by Gasteiger charge is -2.28. The molecule has 2 atom stereocenters. The van der Waals surface area contributed by atoms with Crippen LogP contribution in [0.15, 0.2) is 25.3 Å². The van der Waals surface area contributed by atoms with Crippen molar-refractivity contribution in [1.82, 2.24) is 0 Å². The molecular weight excluding hydrogens is 194 g/mol. The van der Waals surface area contributed by atoms with Crippen LogP contribution in [0, 0.1) is 5.92 Å². The third-order valence-corrected chi connectivity index (χ3v) is 2.69. The summed E-state index contributed by atoms with van der Waals surface area (Å²) in [7, 11) is 0. The first-order valence-corrected chi connectivity index (χ1v) is 4.77. The quantitative estimate of drug-likeness (QED) is 0.673. The highest BCUT2D eigenvalue weighted by Gasteiger charge is 2.52. The molecule has 1 aliphatic rings. The van der Waals surface area contributed by atoms with Crippen molar-refractivity contribution in [2.24, 2.45) is 11.7 Å². The van der Waals surface area contributed by atoms with Crippen LogP contribution >= 0.6 is 0 Å². The van der Waals surface area contributed by atoms with Crippen LogP contribution in [0.2, 0.25) is 0 Å². The fourth-order valence-electron chi connectivity index (χ4n) is 1.91. The zero-order valence-corrected chi connectivity index (χ0v) is 8.57. The maximum absolute atomic E-state index is 11.5. The van der Waals surface area contributed by atoms with E-state index in [1.165, 1.54) is 0 Å². The van der Waals surface area contributed by atoms with Crippen molar-refractivity contribution in [3.63, 3.8) is 0 Å². The van der Waals surface area contributed by atoms with E-state index in [2.05, 4.69) is 13.2 Å². The first-order valence-electron chi connectivity index (χ1n) is 4.77. The maximum atomic E-state index is 11.5. The van der Waals surface area contributed by atoms with E-state index in [0.29, 0.717) is 6.42 Å². The lowest BCUT2D eigenvalue weighted by molar-refractivity contribution is -0.141. The number of carbonyl (C=O) groups is 2. The molecule has 0 aromatic carbocycles. The third-order valence-electron chi connectivity index (χ3n) is 2.69.